The number of amides is 2. The van der Waals surface area contributed by atoms with E-state index in [0.717, 1.165) is 11.4 Å². The zero-order valence-corrected chi connectivity index (χ0v) is 18.5. The number of halogens is 2. The van der Waals surface area contributed by atoms with Gasteiger partial charge in [-0.15, -0.1) is 0 Å². The average molecular weight is 464 g/mol. The van der Waals surface area contributed by atoms with E-state index in [1.807, 2.05) is 11.8 Å². The number of nitrogens with one attached hydrogen (secondary N) is 1. The van der Waals surface area contributed by atoms with Crippen LogP contribution in [0.4, 0.5) is 26.5 Å². The van der Waals surface area contributed by atoms with Gasteiger partial charge in [0, 0.05) is 50.9 Å². The van der Waals surface area contributed by atoms with Crippen molar-refractivity contribution < 1.29 is 18.7 Å². The summed E-state index contributed by atoms with van der Waals surface area (Å²) in [6, 6.07) is 1.28. The second-order valence-corrected chi connectivity index (χ2v) is 8.01. The van der Waals surface area contributed by atoms with Crippen molar-refractivity contribution in [3.05, 3.63) is 35.1 Å². The fraction of sp³-hybridized carbons (Fsp3) is 0.450. The Labute approximate surface area is 189 Å². The van der Waals surface area contributed by atoms with Crippen molar-refractivity contribution in [1.82, 2.24) is 20.3 Å². The van der Waals surface area contributed by atoms with Gasteiger partial charge in [-0.25, -0.2) is 24.1 Å². The fourth-order valence-electron chi connectivity index (χ4n) is 3.76. The predicted octanol–water partition coefficient (Wildman–Crippen LogP) is 1.76. The Balaban J connectivity index is 1.40. The minimum Gasteiger partial charge on any atom is -0.442 e. The molecular formula is C20H23ClFN7O3. The second-order valence-electron chi connectivity index (χ2n) is 7.67. The Bertz CT molecular complexity index is 1030. The summed E-state index contributed by atoms with van der Waals surface area (Å²) >= 11 is 5.93. The summed E-state index contributed by atoms with van der Waals surface area (Å²) in [4.78, 5) is 41.0. The molecule has 0 radical (unpaired) electrons. The third-order valence-corrected chi connectivity index (χ3v) is 5.55. The maximum absolute atomic E-state index is 14.9. The number of cyclic esters (lactones) is 1. The number of ether oxygens (including phenoxy) is 1. The van der Waals surface area contributed by atoms with E-state index >= 15 is 0 Å². The number of aromatic nitrogens is 3. The van der Waals surface area contributed by atoms with Crippen molar-refractivity contribution in [2.75, 3.05) is 54.0 Å². The molecule has 170 valence electrons. The molecule has 0 spiro atoms. The van der Waals surface area contributed by atoms with E-state index in [1.165, 1.54) is 24.1 Å². The van der Waals surface area contributed by atoms with Crippen LogP contribution >= 0.6 is 11.6 Å². The molecule has 2 aromatic rings. The first-order valence-electron chi connectivity index (χ1n) is 10.2. The lowest BCUT2D eigenvalue weighted by molar-refractivity contribution is -0.119. The van der Waals surface area contributed by atoms with Gasteiger partial charge in [0.15, 0.2) is 11.6 Å². The summed E-state index contributed by atoms with van der Waals surface area (Å²) in [6.07, 6.45) is 2.05. The fourth-order valence-corrected chi connectivity index (χ4v) is 3.89. The lowest BCUT2D eigenvalue weighted by Crippen LogP contribution is -2.47. The van der Waals surface area contributed by atoms with Gasteiger partial charge >= 0.3 is 6.09 Å². The van der Waals surface area contributed by atoms with Gasteiger partial charge in [-0.05, 0) is 18.5 Å². The first-order chi connectivity index (χ1) is 15.3. The van der Waals surface area contributed by atoms with Crippen LogP contribution in [-0.4, -0.2) is 72.3 Å². The third-order valence-electron chi connectivity index (χ3n) is 5.37. The van der Waals surface area contributed by atoms with Crippen LogP contribution in [0, 0.1) is 12.7 Å². The van der Waals surface area contributed by atoms with Gasteiger partial charge in [-0.3, -0.25) is 9.69 Å². The molecule has 2 aliphatic rings. The molecule has 0 unspecified atom stereocenters. The van der Waals surface area contributed by atoms with Crippen LogP contribution in [0.25, 0.3) is 0 Å². The summed E-state index contributed by atoms with van der Waals surface area (Å²) in [5.74, 6) is 0.271. The quantitative estimate of drug-likeness (QED) is 0.669. The first kappa shape index (κ1) is 22.0. The lowest BCUT2D eigenvalue weighted by Gasteiger charge is -2.36. The molecule has 0 bridgehead atoms. The molecule has 0 aromatic carbocycles. The van der Waals surface area contributed by atoms with Crippen molar-refractivity contribution in [2.24, 2.45) is 0 Å². The lowest BCUT2D eigenvalue weighted by atomic mass is 10.2. The molecule has 0 saturated carbocycles. The summed E-state index contributed by atoms with van der Waals surface area (Å²) in [6.45, 7) is 6.06. The highest BCUT2D eigenvalue weighted by molar-refractivity contribution is 6.28. The molecule has 1 atom stereocenters. The van der Waals surface area contributed by atoms with E-state index < -0.39 is 18.0 Å². The number of pyridine rings is 1. The maximum Gasteiger partial charge on any atom is 0.414 e. The monoisotopic (exact) mass is 463 g/mol. The third kappa shape index (κ3) is 4.67. The molecule has 2 amide bonds. The maximum atomic E-state index is 14.9. The highest BCUT2D eigenvalue weighted by Crippen LogP contribution is 2.27. The largest absolute Gasteiger partial charge is 0.442 e. The van der Waals surface area contributed by atoms with Gasteiger partial charge in [0.1, 0.15) is 11.9 Å². The highest BCUT2D eigenvalue weighted by Gasteiger charge is 2.33. The number of hydrogen-bond acceptors (Lipinski definition) is 8. The first-order valence-corrected chi connectivity index (χ1v) is 10.6. The minimum absolute atomic E-state index is 0.191. The Morgan fingerprint density at radius 2 is 1.91 bits per heavy atom. The van der Waals surface area contributed by atoms with E-state index in [-0.39, 0.29) is 30.1 Å². The van der Waals surface area contributed by atoms with Crippen LogP contribution in [0.2, 0.25) is 5.28 Å². The van der Waals surface area contributed by atoms with Gasteiger partial charge < -0.3 is 19.9 Å². The van der Waals surface area contributed by atoms with Crippen molar-refractivity contribution in [3.63, 3.8) is 0 Å². The Morgan fingerprint density at radius 1 is 1.22 bits per heavy atom. The molecule has 2 aromatic heterocycles. The van der Waals surface area contributed by atoms with E-state index in [1.54, 1.807) is 6.20 Å². The van der Waals surface area contributed by atoms with E-state index in [2.05, 4.69) is 25.2 Å². The van der Waals surface area contributed by atoms with Gasteiger partial charge in [-0.1, -0.05) is 0 Å². The summed E-state index contributed by atoms with van der Waals surface area (Å²) in [5.41, 5.74) is 1.23. The predicted molar refractivity (Wildman–Crippen MR) is 117 cm³/mol. The van der Waals surface area contributed by atoms with Gasteiger partial charge in [-0.2, -0.15) is 0 Å². The van der Waals surface area contributed by atoms with E-state index in [4.69, 9.17) is 16.3 Å². The average Bonchev–Trinajstić information content (AvgIpc) is 3.15. The molecule has 10 nitrogen and oxygen atoms in total. The standard InChI is InChI=1S/C20H23ClFN7O3/c1-12-8-25-19(21)26-17(12)27-3-5-28(6-4-27)18-16(22)7-14(9-24-18)29-11-15(32-20(29)31)10-23-13(2)30/h7-9,15H,3-6,10-11H2,1-2H3,(H,23,30)/t15-/m0/s1. The van der Waals surface area contributed by atoms with Crippen LogP contribution in [0.3, 0.4) is 0 Å². The smallest absolute Gasteiger partial charge is 0.414 e. The molecule has 0 aliphatic carbocycles. The Morgan fingerprint density at radius 3 is 2.56 bits per heavy atom. The Hall–Kier alpha value is -3.21. The van der Waals surface area contributed by atoms with Crippen LogP contribution in [0.1, 0.15) is 12.5 Å². The van der Waals surface area contributed by atoms with Gasteiger partial charge in [0.25, 0.3) is 0 Å². The molecule has 1 N–H and O–H groups in total. The van der Waals surface area contributed by atoms with Gasteiger partial charge in [0.05, 0.1) is 25.0 Å². The molecule has 2 fully saturated rings. The number of anilines is 3. The number of hydrogen-bond donors (Lipinski definition) is 1. The zero-order valence-electron chi connectivity index (χ0n) is 17.7. The van der Waals surface area contributed by atoms with E-state index in [0.29, 0.717) is 31.9 Å². The topological polar surface area (TPSA) is 104 Å². The molecular weight excluding hydrogens is 441 g/mol. The number of nitrogens with zero attached hydrogens (tertiary/aromatic N) is 6. The van der Waals surface area contributed by atoms with Crippen molar-refractivity contribution in [3.8, 4) is 0 Å². The minimum atomic E-state index is -0.596. The normalized spacial score (nSPS) is 18.7. The molecule has 2 saturated heterocycles. The van der Waals surface area contributed by atoms with E-state index in [9.17, 15) is 14.0 Å². The summed E-state index contributed by atoms with van der Waals surface area (Å²) < 4.78 is 20.1. The SMILES string of the molecule is CC(=O)NC[C@H]1CN(c2cnc(N3CCN(c4nc(Cl)ncc4C)CC3)c(F)c2)C(=O)O1. The number of carbonyl (C=O) groups is 2. The van der Waals surface area contributed by atoms with Crippen molar-refractivity contribution >= 4 is 40.9 Å². The summed E-state index contributed by atoms with van der Waals surface area (Å²) in [5, 5.41) is 2.80. The van der Waals surface area contributed by atoms with Crippen LogP contribution in [0.5, 0.6) is 0 Å². The molecule has 2 aliphatic heterocycles. The van der Waals surface area contributed by atoms with Gasteiger partial charge in [0.2, 0.25) is 11.2 Å². The number of carbonyl (C=O) groups excluding carboxylic acids is 2. The summed E-state index contributed by atoms with van der Waals surface area (Å²) in [7, 11) is 0. The van der Waals surface area contributed by atoms with Crippen LogP contribution < -0.4 is 20.0 Å². The van der Waals surface area contributed by atoms with Crippen molar-refractivity contribution in [1.29, 1.82) is 0 Å². The number of rotatable bonds is 5. The zero-order chi connectivity index (χ0) is 22.8. The number of aryl methyl sites for hydroxylation is 1. The van der Waals surface area contributed by atoms with Crippen LogP contribution in [-0.2, 0) is 9.53 Å². The van der Waals surface area contributed by atoms with Crippen LogP contribution in [0.15, 0.2) is 18.5 Å². The molecule has 4 heterocycles. The highest BCUT2D eigenvalue weighted by atomic mass is 35.5. The number of piperazine rings is 1. The molecule has 12 heteroatoms. The molecule has 4 rings (SSSR count). The molecule has 32 heavy (non-hydrogen) atoms. The Kier molecular flexibility index (Phi) is 6.26. The van der Waals surface area contributed by atoms with Crippen molar-refractivity contribution in [2.45, 2.75) is 20.0 Å². The second kappa shape index (κ2) is 9.11.